The Labute approximate surface area is 181 Å². The highest BCUT2D eigenvalue weighted by atomic mass is 16.5. The molecule has 2 aromatic heterocycles. The molecule has 0 aliphatic carbocycles. The summed E-state index contributed by atoms with van der Waals surface area (Å²) in [6.07, 6.45) is 1.72. The number of rotatable bonds is 3. The van der Waals surface area contributed by atoms with E-state index in [1.165, 1.54) is 4.90 Å². The van der Waals surface area contributed by atoms with E-state index in [0.717, 1.165) is 29.9 Å². The van der Waals surface area contributed by atoms with Gasteiger partial charge in [0.15, 0.2) is 0 Å². The summed E-state index contributed by atoms with van der Waals surface area (Å²) in [4.78, 5) is 28.4. The van der Waals surface area contributed by atoms with Gasteiger partial charge in [0.2, 0.25) is 0 Å². The largest absolute Gasteiger partial charge is 0.365 e. The second-order valence-corrected chi connectivity index (χ2v) is 8.66. The van der Waals surface area contributed by atoms with Crippen molar-refractivity contribution in [2.45, 2.75) is 52.0 Å². The molecule has 11 heteroatoms. The minimum atomic E-state index is -0.483. The Morgan fingerprint density at radius 1 is 1.26 bits per heavy atom. The van der Waals surface area contributed by atoms with Crippen molar-refractivity contribution in [2.24, 2.45) is 7.05 Å². The van der Waals surface area contributed by atoms with Crippen molar-refractivity contribution in [2.75, 3.05) is 27.2 Å². The molecule has 2 aromatic rings. The number of amides is 3. The van der Waals surface area contributed by atoms with E-state index in [2.05, 4.69) is 20.7 Å². The number of nitrogens with zero attached hydrogens (tertiary/aromatic N) is 7. The first-order chi connectivity index (χ1) is 14.7. The zero-order valence-corrected chi connectivity index (χ0v) is 18.8. The van der Waals surface area contributed by atoms with Crippen LogP contribution >= 0.6 is 0 Å². The van der Waals surface area contributed by atoms with E-state index < -0.39 is 5.60 Å². The molecule has 3 amide bonds. The number of aryl methyl sites for hydroxylation is 2. The van der Waals surface area contributed by atoms with Gasteiger partial charge < -0.3 is 19.9 Å². The Hall–Kier alpha value is -2.95. The lowest BCUT2D eigenvalue weighted by Crippen LogP contribution is -2.55. The van der Waals surface area contributed by atoms with Crippen LogP contribution in [0.25, 0.3) is 0 Å². The van der Waals surface area contributed by atoms with E-state index in [0.29, 0.717) is 44.0 Å². The first kappa shape index (κ1) is 21.3. The van der Waals surface area contributed by atoms with Crippen molar-refractivity contribution in [3.63, 3.8) is 0 Å². The summed E-state index contributed by atoms with van der Waals surface area (Å²) < 4.78 is 9.93. The molecular formula is C20H30N8O3. The summed E-state index contributed by atoms with van der Waals surface area (Å²) in [5, 5.41) is 15.7. The van der Waals surface area contributed by atoms with Crippen molar-refractivity contribution in [1.82, 2.24) is 39.9 Å². The molecule has 0 radical (unpaired) electrons. The Balaban J connectivity index is 1.48. The maximum absolute atomic E-state index is 13.3. The average molecular weight is 431 g/mol. The summed E-state index contributed by atoms with van der Waals surface area (Å²) in [7, 11) is 5.23. The lowest BCUT2D eigenvalue weighted by molar-refractivity contribution is -0.122. The number of fused-ring (bicyclic) bond motifs is 1. The normalized spacial score (nSPS) is 20.6. The summed E-state index contributed by atoms with van der Waals surface area (Å²) in [6.45, 7) is 6.18. The molecule has 0 saturated carbocycles. The van der Waals surface area contributed by atoms with Gasteiger partial charge in [-0.25, -0.2) is 9.48 Å². The molecule has 4 heterocycles. The summed E-state index contributed by atoms with van der Waals surface area (Å²) in [5.41, 5.74) is 3.38. The quantitative estimate of drug-likeness (QED) is 0.764. The zero-order valence-electron chi connectivity index (χ0n) is 18.8. The average Bonchev–Trinajstić information content (AvgIpc) is 3.24. The van der Waals surface area contributed by atoms with Gasteiger partial charge in [-0.3, -0.25) is 9.48 Å². The third-order valence-corrected chi connectivity index (χ3v) is 6.23. The molecule has 0 aromatic carbocycles. The van der Waals surface area contributed by atoms with Gasteiger partial charge in [-0.1, -0.05) is 5.21 Å². The molecule has 11 nitrogen and oxygen atoms in total. The third-order valence-electron chi connectivity index (χ3n) is 6.23. The fraction of sp³-hybridized carbons (Fsp3) is 0.650. The molecule has 1 saturated heterocycles. The standard InChI is InChI=1S/C20H30N8O3/c1-13-17(14(2)26(5)23-13)18(29)27-8-6-7-20(11-27)12-28-16(10-31-20)15(22-24-28)9-21-19(30)25(3)4/h6-12H2,1-5H3,(H,21,30). The number of urea groups is 1. The van der Waals surface area contributed by atoms with Crippen LogP contribution in [0.3, 0.4) is 0 Å². The number of hydrogen-bond acceptors (Lipinski definition) is 6. The molecule has 2 aliphatic rings. The molecule has 1 unspecified atom stereocenters. The van der Waals surface area contributed by atoms with Gasteiger partial charge in [-0.2, -0.15) is 5.10 Å². The summed E-state index contributed by atoms with van der Waals surface area (Å²) in [6, 6.07) is -0.183. The zero-order chi connectivity index (χ0) is 22.3. The minimum Gasteiger partial charge on any atom is -0.365 e. The number of likely N-dealkylation sites (tertiary alicyclic amines) is 1. The van der Waals surface area contributed by atoms with Crippen molar-refractivity contribution in [1.29, 1.82) is 0 Å². The van der Waals surface area contributed by atoms with E-state index in [1.807, 2.05) is 30.5 Å². The first-order valence-electron chi connectivity index (χ1n) is 10.5. The Morgan fingerprint density at radius 3 is 2.71 bits per heavy atom. The number of ether oxygens (including phenoxy) is 1. The van der Waals surface area contributed by atoms with Gasteiger partial charge in [-0.15, -0.1) is 5.10 Å². The maximum Gasteiger partial charge on any atom is 0.317 e. The van der Waals surface area contributed by atoms with Crippen LogP contribution < -0.4 is 5.32 Å². The van der Waals surface area contributed by atoms with E-state index in [4.69, 9.17) is 4.74 Å². The molecule has 1 spiro atoms. The molecule has 2 aliphatic heterocycles. The lowest BCUT2D eigenvalue weighted by Gasteiger charge is -2.44. The highest BCUT2D eigenvalue weighted by molar-refractivity contribution is 5.96. The number of carbonyl (C=O) groups is 2. The van der Waals surface area contributed by atoms with Crippen LogP contribution in [0.5, 0.6) is 0 Å². The van der Waals surface area contributed by atoms with Crippen LogP contribution in [0.2, 0.25) is 0 Å². The molecule has 1 atom stereocenters. The van der Waals surface area contributed by atoms with Crippen molar-refractivity contribution >= 4 is 11.9 Å². The highest BCUT2D eigenvalue weighted by Gasteiger charge is 2.43. The fourth-order valence-electron chi connectivity index (χ4n) is 4.41. The molecule has 4 rings (SSSR count). The lowest BCUT2D eigenvalue weighted by atomic mass is 9.90. The van der Waals surface area contributed by atoms with Gasteiger partial charge >= 0.3 is 6.03 Å². The minimum absolute atomic E-state index is 0.00208. The topological polar surface area (TPSA) is 110 Å². The predicted octanol–water partition coefficient (Wildman–Crippen LogP) is 0.605. The first-order valence-corrected chi connectivity index (χ1v) is 10.5. The molecular weight excluding hydrogens is 400 g/mol. The molecule has 1 fully saturated rings. The van der Waals surface area contributed by atoms with Gasteiger partial charge in [0.25, 0.3) is 5.91 Å². The van der Waals surface area contributed by atoms with E-state index in [-0.39, 0.29) is 11.9 Å². The van der Waals surface area contributed by atoms with E-state index in [1.54, 1.807) is 18.8 Å². The van der Waals surface area contributed by atoms with Crippen LogP contribution in [-0.4, -0.2) is 79.3 Å². The Bertz CT molecular complexity index is 1010. The van der Waals surface area contributed by atoms with Crippen LogP contribution in [0, 0.1) is 13.8 Å². The van der Waals surface area contributed by atoms with Gasteiger partial charge in [0.05, 0.1) is 43.2 Å². The van der Waals surface area contributed by atoms with E-state index >= 15 is 0 Å². The van der Waals surface area contributed by atoms with Crippen LogP contribution in [0.1, 0.15) is 46.0 Å². The highest BCUT2D eigenvalue weighted by Crippen LogP contribution is 2.33. The molecule has 31 heavy (non-hydrogen) atoms. The van der Waals surface area contributed by atoms with Crippen LogP contribution in [0.4, 0.5) is 4.79 Å². The smallest absolute Gasteiger partial charge is 0.317 e. The maximum atomic E-state index is 13.3. The Morgan fingerprint density at radius 2 is 2.03 bits per heavy atom. The van der Waals surface area contributed by atoms with Crippen molar-refractivity contribution in [3.8, 4) is 0 Å². The van der Waals surface area contributed by atoms with Crippen molar-refractivity contribution < 1.29 is 14.3 Å². The van der Waals surface area contributed by atoms with Crippen LogP contribution in [-0.2, 0) is 31.5 Å². The van der Waals surface area contributed by atoms with E-state index in [9.17, 15) is 9.59 Å². The monoisotopic (exact) mass is 430 g/mol. The number of hydrogen-bond donors (Lipinski definition) is 1. The molecule has 0 bridgehead atoms. The summed E-state index contributed by atoms with van der Waals surface area (Å²) in [5.74, 6) is 0.00208. The second-order valence-electron chi connectivity index (χ2n) is 8.66. The predicted molar refractivity (Wildman–Crippen MR) is 111 cm³/mol. The number of aromatic nitrogens is 5. The second kappa shape index (κ2) is 7.95. The fourth-order valence-corrected chi connectivity index (χ4v) is 4.41. The number of carbonyl (C=O) groups excluding carboxylic acids is 2. The molecule has 1 N–H and O–H groups in total. The van der Waals surface area contributed by atoms with Crippen LogP contribution in [0.15, 0.2) is 0 Å². The molecule has 168 valence electrons. The number of piperidine rings is 1. The third kappa shape index (κ3) is 3.89. The van der Waals surface area contributed by atoms with Crippen molar-refractivity contribution in [3.05, 3.63) is 28.3 Å². The van der Waals surface area contributed by atoms with Gasteiger partial charge in [0, 0.05) is 33.4 Å². The SMILES string of the molecule is Cc1nn(C)c(C)c1C(=O)N1CCCC2(C1)Cn1nnc(CNC(=O)N(C)C)c1CO2. The van der Waals surface area contributed by atoms with Gasteiger partial charge in [-0.05, 0) is 26.7 Å². The number of nitrogens with one attached hydrogen (secondary N) is 1. The summed E-state index contributed by atoms with van der Waals surface area (Å²) >= 11 is 0. The van der Waals surface area contributed by atoms with Gasteiger partial charge in [0.1, 0.15) is 11.3 Å². The Kier molecular flexibility index (Phi) is 5.46.